The molecule has 3 nitrogen and oxygen atoms in total. The Bertz CT molecular complexity index is 689. The summed E-state index contributed by atoms with van der Waals surface area (Å²) in [7, 11) is 0. The third kappa shape index (κ3) is 2.54. The van der Waals surface area contributed by atoms with E-state index in [1.54, 1.807) is 0 Å². The van der Waals surface area contributed by atoms with E-state index < -0.39 is 0 Å². The molecule has 1 atom stereocenters. The molecule has 3 rings (SSSR count). The van der Waals surface area contributed by atoms with Gasteiger partial charge in [-0.2, -0.15) is 0 Å². The van der Waals surface area contributed by atoms with Crippen molar-refractivity contribution >= 4 is 10.9 Å². The average molecular weight is 263 g/mol. The van der Waals surface area contributed by atoms with Gasteiger partial charge in [0.15, 0.2) is 0 Å². The van der Waals surface area contributed by atoms with E-state index in [1.165, 1.54) is 11.1 Å². The number of hydrogen-bond acceptors (Lipinski definition) is 3. The molecule has 0 spiro atoms. The minimum atomic E-state index is 0.0744. The topological polar surface area (TPSA) is 50.9 Å². The number of fused-ring (bicyclic) bond motifs is 1. The number of hydrazine groups is 1. The third-order valence-electron chi connectivity index (χ3n) is 3.54. The van der Waals surface area contributed by atoms with Crippen LogP contribution in [0.25, 0.3) is 10.9 Å². The highest BCUT2D eigenvalue weighted by molar-refractivity contribution is 5.82. The molecule has 1 unspecified atom stereocenters. The molecule has 0 radical (unpaired) electrons. The van der Waals surface area contributed by atoms with Gasteiger partial charge in [0, 0.05) is 11.6 Å². The first kappa shape index (κ1) is 12.8. The largest absolute Gasteiger partial charge is 0.271 e. The van der Waals surface area contributed by atoms with Gasteiger partial charge in [0.2, 0.25) is 0 Å². The van der Waals surface area contributed by atoms with Gasteiger partial charge in [0.25, 0.3) is 0 Å². The zero-order chi connectivity index (χ0) is 13.8. The van der Waals surface area contributed by atoms with E-state index in [1.807, 2.05) is 42.6 Å². The van der Waals surface area contributed by atoms with Gasteiger partial charge in [0.05, 0.1) is 11.6 Å². The number of rotatable bonds is 4. The van der Waals surface area contributed by atoms with E-state index in [0.29, 0.717) is 0 Å². The van der Waals surface area contributed by atoms with Crippen LogP contribution in [-0.2, 0) is 6.42 Å². The molecule has 3 aromatic rings. The molecular formula is C17H17N3. The van der Waals surface area contributed by atoms with Gasteiger partial charge in [-0.3, -0.25) is 16.3 Å². The number of aromatic nitrogens is 1. The lowest BCUT2D eigenvalue weighted by Gasteiger charge is -2.18. The second kappa shape index (κ2) is 5.82. The molecular weight excluding hydrogens is 246 g/mol. The molecule has 0 saturated carbocycles. The van der Waals surface area contributed by atoms with Crippen LogP contribution in [0.4, 0.5) is 0 Å². The summed E-state index contributed by atoms with van der Waals surface area (Å²) in [5.41, 5.74) is 6.37. The lowest BCUT2D eigenvalue weighted by Crippen LogP contribution is -2.29. The molecule has 2 aromatic carbocycles. The Labute approximate surface area is 118 Å². The molecule has 0 bridgehead atoms. The van der Waals surface area contributed by atoms with Crippen molar-refractivity contribution < 1.29 is 0 Å². The normalized spacial score (nSPS) is 12.4. The molecule has 1 aromatic heterocycles. The monoisotopic (exact) mass is 263 g/mol. The van der Waals surface area contributed by atoms with Crippen LogP contribution in [0.1, 0.15) is 17.2 Å². The van der Waals surface area contributed by atoms with Crippen LogP contribution in [0.2, 0.25) is 0 Å². The Morgan fingerprint density at radius 2 is 1.80 bits per heavy atom. The summed E-state index contributed by atoms with van der Waals surface area (Å²) in [6.45, 7) is 0. The average Bonchev–Trinajstić information content (AvgIpc) is 2.53. The van der Waals surface area contributed by atoms with Crippen LogP contribution in [0.5, 0.6) is 0 Å². The fourth-order valence-electron chi connectivity index (χ4n) is 2.54. The minimum Gasteiger partial charge on any atom is -0.271 e. The van der Waals surface area contributed by atoms with E-state index in [0.717, 1.165) is 17.3 Å². The highest BCUT2D eigenvalue weighted by Gasteiger charge is 2.13. The molecule has 0 amide bonds. The van der Waals surface area contributed by atoms with Gasteiger partial charge in [-0.05, 0) is 29.7 Å². The lowest BCUT2D eigenvalue weighted by molar-refractivity contribution is 0.555. The first-order valence-corrected chi connectivity index (χ1v) is 6.72. The van der Waals surface area contributed by atoms with Crippen molar-refractivity contribution in [2.45, 2.75) is 12.5 Å². The number of pyridine rings is 1. The summed E-state index contributed by atoms with van der Waals surface area (Å²) in [6.07, 6.45) is 2.67. The lowest BCUT2D eigenvalue weighted by atomic mass is 9.96. The van der Waals surface area contributed by atoms with Gasteiger partial charge < -0.3 is 0 Å². The highest BCUT2D eigenvalue weighted by atomic mass is 15.2. The van der Waals surface area contributed by atoms with Crippen molar-refractivity contribution in [1.82, 2.24) is 10.4 Å². The van der Waals surface area contributed by atoms with Crippen LogP contribution < -0.4 is 11.3 Å². The number of nitrogens with two attached hydrogens (primary N) is 1. The van der Waals surface area contributed by atoms with Gasteiger partial charge in [0.1, 0.15) is 0 Å². The van der Waals surface area contributed by atoms with Gasteiger partial charge in [-0.25, -0.2) is 0 Å². The van der Waals surface area contributed by atoms with Crippen LogP contribution in [0.3, 0.4) is 0 Å². The van der Waals surface area contributed by atoms with Crippen molar-refractivity contribution in [1.29, 1.82) is 0 Å². The van der Waals surface area contributed by atoms with Gasteiger partial charge >= 0.3 is 0 Å². The maximum atomic E-state index is 5.77. The zero-order valence-electron chi connectivity index (χ0n) is 11.2. The number of hydrogen-bond donors (Lipinski definition) is 2. The van der Waals surface area contributed by atoms with Crippen LogP contribution in [0.15, 0.2) is 66.9 Å². The van der Waals surface area contributed by atoms with Crippen molar-refractivity contribution in [2.24, 2.45) is 5.84 Å². The zero-order valence-corrected chi connectivity index (χ0v) is 11.2. The number of nitrogens with one attached hydrogen (secondary N) is 1. The Morgan fingerprint density at radius 1 is 0.950 bits per heavy atom. The molecule has 1 heterocycles. The summed E-state index contributed by atoms with van der Waals surface area (Å²) in [6, 6.07) is 20.6. The third-order valence-corrected chi connectivity index (χ3v) is 3.54. The summed E-state index contributed by atoms with van der Waals surface area (Å²) in [4.78, 5) is 4.40. The van der Waals surface area contributed by atoms with Crippen molar-refractivity contribution in [3.8, 4) is 0 Å². The van der Waals surface area contributed by atoms with Crippen LogP contribution >= 0.6 is 0 Å². The van der Waals surface area contributed by atoms with Crippen molar-refractivity contribution in [2.75, 3.05) is 0 Å². The fourth-order valence-corrected chi connectivity index (χ4v) is 2.54. The van der Waals surface area contributed by atoms with Gasteiger partial charge in [-0.1, -0.05) is 48.5 Å². The highest BCUT2D eigenvalue weighted by Crippen LogP contribution is 2.25. The first-order chi connectivity index (χ1) is 9.88. The molecule has 100 valence electrons. The van der Waals surface area contributed by atoms with Crippen molar-refractivity contribution in [3.05, 3.63) is 78.0 Å². The fraction of sp³-hybridized carbons (Fsp3) is 0.118. The molecule has 3 heteroatoms. The van der Waals surface area contributed by atoms with E-state index in [9.17, 15) is 0 Å². The smallest absolute Gasteiger partial charge is 0.0705 e. The van der Waals surface area contributed by atoms with Crippen LogP contribution in [-0.4, -0.2) is 4.98 Å². The number of nitrogens with zero attached hydrogens (tertiary/aromatic N) is 1. The Kier molecular flexibility index (Phi) is 3.72. The maximum absolute atomic E-state index is 5.77. The van der Waals surface area contributed by atoms with Crippen LogP contribution in [0, 0.1) is 0 Å². The second-order valence-corrected chi connectivity index (χ2v) is 4.83. The first-order valence-electron chi connectivity index (χ1n) is 6.72. The molecule has 0 aliphatic carbocycles. The predicted octanol–water partition coefficient (Wildman–Crippen LogP) is 2.98. The maximum Gasteiger partial charge on any atom is 0.0705 e. The standard InChI is InChI=1S/C17H17N3/c18-20-17(12-13-6-2-1-3-7-13)15-8-4-10-16-14(15)9-5-11-19-16/h1-11,17,20H,12,18H2. The van der Waals surface area contributed by atoms with E-state index in [4.69, 9.17) is 5.84 Å². The van der Waals surface area contributed by atoms with E-state index in [-0.39, 0.29) is 6.04 Å². The summed E-state index contributed by atoms with van der Waals surface area (Å²) in [5.74, 6) is 5.77. The Balaban J connectivity index is 1.99. The molecule has 0 aliphatic rings. The molecule has 0 saturated heterocycles. The molecule has 0 fully saturated rings. The van der Waals surface area contributed by atoms with E-state index >= 15 is 0 Å². The van der Waals surface area contributed by atoms with E-state index in [2.05, 4.69) is 34.7 Å². The second-order valence-electron chi connectivity index (χ2n) is 4.83. The number of benzene rings is 2. The summed E-state index contributed by atoms with van der Waals surface area (Å²) >= 11 is 0. The Morgan fingerprint density at radius 3 is 2.60 bits per heavy atom. The summed E-state index contributed by atoms with van der Waals surface area (Å²) in [5, 5.41) is 1.15. The molecule has 3 N–H and O–H groups in total. The summed E-state index contributed by atoms with van der Waals surface area (Å²) < 4.78 is 0. The van der Waals surface area contributed by atoms with Crippen molar-refractivity contribution in [3.63, 3.8) is 0 Å². The predicted molar refractivity (Wildman–Crippen MR) is 82.0 cm³/mol. The quantitative estimate of drug-likeness (QED) is 0.562. The van der Waals surface area contributed by atoms with Gasteiger partial charge in [-0.15, -0.1) is 0 Å². The molecule has 0 aliphatic heterocycles. The molecule has 20 heavy (non-hydrogen) atoms. The Hall–Kier alpha value is -2.23. The SMILES string of the molecule is NNC(Cc1ccccc1)c1cccc2ncccc12. The minimum absolute atomic E-state index is 0.0744.